The van der Waals surface area contributed by atoms with Crippen molar-refractivity contribution in [3.63, 3.8) is 0 Å². The Labute approximate surface area is 115 Å². The zero-order valence-corrected chi connectivity index (χ0v) is 11.9. The van der Waals surface area contributed by atoms with Crippen molar-refractivity contribution in [2.75, 3.05) is 6.54 Å². The lowest BCUT2D eigenvalue weighted by Gasteiger charge is -2.40. The van der Waals surface area contributed by atoms with Crippen LogP contribution in [0, 0.1) is 6.92 Å². The fraction of sp³-hybridized carbons (Fsp3) is 0.562. The number of benzene rings is 1. The first kappa shape index (κ1) is 14.1. The molecule has 1 amide bonds. The molecule has 2 N–H and O–H groups in total. The Morgan fingerprint density at radius 2 is 2.00 bits per heavy atom. The van der Waals surface area contributed by atoms with E-state index in [9.17, 15) is 4.79 Å². The molecule has 0 spiro atoms. The maximum atomic E-state index is 12.2. The summed E-state index contributed by atoms with van der Waals surface area (Å²) in [4.78, 5) is 14.2. The van der Waals surface area contributed by atoms with Gasteiger partial charge in [0.2, 0.25) is 5.91 Å². The van der Waals surface area contributed by atoms with Crippen molar-refractivity contribution in [2.24, 2.45) is 5.73 Å². The molecular weight excluding hydrogens is 236 g/mol. The van der Waals surface area contributed by atoms with Crippen LogP contribution in [0.25, 0.3) is 0 Å². The molecule has 3 nitrogen and oxygen atoms in total. The van der Waals surface area contributed by atoms with Crippen LogP contribution in [0.5, 0.6) is 0 Å². The first-order chi connectivity index (χ1) is 9.13. The van der Waals surface area contributed by atoms with E-state index < -0.39 is 0 Å². The van der Waals surface area contributed by atoms with Crippen LogP contribution in [0.15, 0.2) is 24.3 Å². The third-order valence-corrected chi connectivity index (χ3v) is 3.92. The average molecular weight is 260 g/mol. The van der Waals surface area contributed by atoms with Gasteiger partial charge in [0.05, 0.1) is 6.04 Å². The molecule has 0 aromatic heterocycles. The van der Waals surface area contributed by atoms with Gasteiger partial charge in [0.15, 0.2) is 0 Å². The predicted molar refractivity (Wildman–Crippen MR) is 77.8 cm³/mol. The molecule has 2 rings (SSSR count). The summed E-state index contributed by atoms with van der Waals surface area (Å²) in [5, 5.41) is 0. The lowest BCUT2D eigenvalue weighted by Crippen LogP contribution is -2.49. The van der Waals surface area contributed by atoms with Crippen LogP contribution in [0.4, 0.5) is 0 Å². The molecule has 1 aromatic carbocycles. The van der Waals surface area contributed by atoms with Crippen molar-refractivity contribution in [2.45, 2.75) is 51.6 Å². The van der Waals surface area contributed by atoms with E-state index in [0.717, 1.165) is 25.8 Å². The fourth-order valence-electron chi connectivity index (χ4n) is 2.76. The van der Waals surface area contributed by atoms with Gasteiger partial charge in [-0.2, -0.15) is 0 Å². The zero-order valence-electron chi connectivity index (χ0n) is 11.9. The van der Waals surface area contributed by atoms with Crippen LogP contribution in [-0.4, -0.2) is 23.4 Å². The summed E-state index contributed by atoms with van der Waals surface area (Å²) in [5.41, 5.74) is 8.68. The molecule has 104 valence electrons. The van der Waals surface area contributed by atoms with Crippen LogP contribution in [0.1, 0.15) is 49.8 Å². The quantitative estimate of drug-likeness (QED) is 0.905. The number of likely N-dealkylation sites (tertiary alicyclic amines) is 1. The number of nitrogens with two attached hydrogens (primary N) is 1. The van der Waals surface area contributed by atoms with Crippen molar-refractivity contribution in [3.8, 4) is 0 Å². The van der Waals surface area contributed by atoms with Gasteiger partial charge in [-0.15, -0.1) is 0 Å². The van der Waals surface area contributed by atoms with Crippen LogP contribution in [0.3, 0.4) is 0 Å². The Bertz CT molecular complexity index is 427. The second-order valence-corrected chi connectivity index (χ2v) is 5.50. The van der Waals surface area contributed by atoms with Gasteiger partial charge in [0.1, 0.15) is 0 Å². The topological polar surface area (TPSA) is 46.3 Å². The van der Waals surface area contributed by atoms with Crippen LogP contribution < -0.4 is 5.73 Å². The van der Waals surface area contributed by atoms with Gasteiger partial charge < -0.3 is 10.6 Å². The molecule has 0 radical (unpaired) electrons. The van der Waals surface area contributed by atoms with Crippen molar-refractivity contribution < 1.29 is 4.79 Å². The lowest BCUT2D eigenvalue weighted by atomic mass is 9.90. The highest BCUT2D eigenvalue weighted by atomic mass is 16.2. The Kier molecular flexibility index (Phi) is 4.59. The van der Waals surface area contributed by atoms with Crippen molar-refractivity contribution in [1.29, 1.82) is 0 Å². The van der Waals surface area contributed by atoms with Crippen molar-refractivity contribution in [1.82, 2.24) is 4.90 Å². The van der Waals surface area contributed by atoms with Gasteiger partial charge in [0.25, 0.3) is 0 Å². The molecule has 0 aliphatic carbocycles. The Morgan fingerprint density at radius 1 is 1.32 bits per heavy atom. The summed E-state index contributed by atoms with van der Waals surface area (Å²) in [5.74, 6) is 0.251. The molecule has 1 saturated heterocycles. The number of carbonyl (C=O) groups excluding carboxylic acids is 1. The molecule has 19 heavy (non-hydrogen) atoms. The third kappa shape index (κ3) is 3.16. The second kappa shape index (κ2) is 6.20. The second-order valence-electron chi connectivity index (χ2n) is 5.50. The first-order valence-corrected chi connectivity index (χ1v) is 7.25. The predicted octanol–water partition coefficient (Wildman–Crippen LogP) is 2.79. The number of hydrogen-bond donors (Lipinski definition) is 1. The number of hydrogen-bond acceptors (Lipinski definition) is 2. The summed E-state index contributed by atoms with van der Waals surface area (Å²) in [7, 11) is 0. The van der Waals surface area contributed by atoms with Gasteiger partial charge in [0, 0.05) is 19.0 Å². The van der Waals surface area contributed by atoms with Crippen LogP contribution in [0.2, 0.25) is 0 Å². The number of aryl methyl sites for hydroxylation is 1. The highest BCUT2D eigenvalue weighted by molar-refractivity contribution is 5.78. The van der Waals surface area contributed by atoms with E-state index in [1.54, 1.807) is 0 Å². The normalized spacial score (nSPS) is 23.7. The van der Waals surface area contributed by atoms with E-state index in [1.807, 2.05) is 4.90 Å². The van der Waals surface area contributed by atoms with Gasteiger partial charge in [-0.05, 0) is 25.3 Å². The Hall–Kier alpha value is -1.35. The standard InChI is InChI=1S/C16H24N2O/c1-3-4-11-18-15(19)10-9-14(17)16(18)13-7-5-12(2)6-8-13/h5-8,14,16H,3-4,9-11,17H2,1-2H3. The number of amides is 1. The molecule has 1 aromatic rings. The van der Waals surface area contributed by atoms with E-state index in [-0.39, 0.29) is 18.0 Å². The highest BCUT2D eigenvalue weighted by Crippen LogP contribution is 2.31. The molecule has 1 aliphatic heterocycles. The summed E-state index contributed by atoms with van der Waals surface area (Å²) in [6, 6.07) is 8.51. The van der Waals surface area contributed by atoms with E-state index in [2.05, 4.69) is 38.1 Å². The monoisotopic (exact) mass is 260 g/mol. The SMILES string of the molecule is CCCCN1C(=O)CCC(N)C1c1ccc(C)cc1. The molecule has 1 aliphatic rings. The number of piperidine rings is 1. The number of carbonyl (C=O) groups is 1. The minimum atomic E-state index is 0.0494. The number of nitrogens with zero attached hydrogens (tertiary/aromatic N) is 1. The number of unbranched alkanes of at least 4 members (excludes halogenated alkanes) is 1. The fourth-order valence-corrected chi connectivity index (χ4v) is 2.76. The van der Waals surface area contributed by atoms with Gasteiger partial charge in [-0.25, -0.2) is 0 Å². The van der Waals surface area contributed by atoms with Crippen LogP contribution >= 0.6 is 0 Å². The minimum Gasteiger partial charge on any atom is -0.334 e. The number of rotatable bonds is 4. The molecule has 3 heteroatoms. The van der Waals surface area contributed by atoms with Gasteiger partial charge >= 0.3 is 0 Å². The van der Waals surface area contributed by atoms with E-state index in [1.165, 1.54) is 11.1 Å². The van der Waals surface area contributed by atoms with Crippen molar-refractivity contribution >= 4 is 5.91 Å². The lowest BCUT2D eigenvalue weighted by molar-refractivity contribution is -0.137. The van der Waals surface area contributed by atoms with Crippen molar-refractivity contribution in [3.05, 3.63) is 35.4 Å². The van der Waals surface area contributed by atoms with Crippen LogP contribution in [-0.2, 0) is 4.79 Å². The molecular formula is C16H24N2O. The first-order valence-electron chi connectivity index (χ1n) is 7.25. The average Bonchev–Trinajstić information content (AvgIpc) is 2.41. The minimum absolute atomic E-state index is 0.0494. The van der Waals surface area contributed by atoms with Gasteiger partial charge in [-0.3, -0.25) is 4.79 Å². The van der Waals surface area contributed by atoms with E-state index in [4.69, 9.17) is 5.73 Å². The summed E-state index contributed by atoms with van der Waals surface area (Å²) >= 11 is 0. The summed E-state index contributed by atoms with van der Waals surface area (Å²) in [6.45, 7) is 5.04. The molecule has 1 fully saturated rings. The molecule has 1 heterocycles. The summed E-state index contributed by atoms with van der Waals surface area (Å²) < 4.78 is 0. The molecule has 2 atom stereocenters. The zero-order chi connectivity index (χ0) is 13.8. The molecule has 0 bridgehead atoms. The maximum absolute atomic E-state index is 12.2. The smallest absolute Gasteiger partial charge is 0.223 e. The maximum Gasteiger partial charge on any atom is 0.223 e. The van der Waals surface area contributed by atoms with Gasteiger partial charge in [-0.1, -0.05) is 43.2 Å². The van der Waals surface area contributed by atoms with E-state index >= 15 is 0 Å². The highest BCUT2D eigenvalue weighted by Gasteiger charge is 2.34. The van der Waals surface area contributed by atoms with E-state index in [0.29, 0.717) is 6.42 Å². The third-order valence-electron chi connectivity index (χ3n) is 3.92. The Morgan fingerprint density at radius 3 is 2.63 bits per heavy atom. The Balaban J connectivity index is 2.25. The molecule has 0 saturated carbocycles. The summed E-state index contributed by atoms with van der Waals surface area (Å²) in [6.07, 6.45) is 3.52. The molecule has 2 unspecified atom stereocenters. The largest absolute Gasteiger partial charge is 0.334 e.